The zero-order valence-corrected chi connectivity index (χ0v) is 11.5. The quantitative estimate of drug-likeness (QED) is 0.773. The normalized spacial score (nSPS) is 18.2. The molecule has 0 N–H and O–H groups in total. The van der Waals surface area contributed by atoms with Gasteiger partial charge in [-0.2, -0.15) is 0 Å². The van der Waals surface area contributed by atoms with Crippen LogP contribution in [0, 0.1) is 5.41 Å². The lowest BCUT2D eigenvalue weighted by Gasteiger charge is -2.26. The fourth-order valence-corrected chi connectivity index (χ4v) is 3.09. The van der Waals surface area contributed by atoms with Crippen LogP contribution in [0.4, 0.5) is 0 Å². The van der Waals surface area contributed by atoms with Gasteiger partial charge in [0.2, 0.25) is 0 Å². The first kappa shape index (κ1) is 12.7. The fraction of sp³-hybridized carbons (Fsp3) is 0.692. The van der Waals surface area contributed by atoms with Crippen molar-refractivity contribution in [3.8, 4) is 0 Å². The second-order valence-corrected chi connectivity index (χ2v) is 6.46. The number of hydrogen-bond acceptors (Lipinski definition) is 4. The smallest absolute Gasteiger partial charge is 0.175 e. The molecule has 0 radical (unpaired) electrons. The Bertz CT molecular complexity index is 423. The van der Waals surface area contributed by atoms with Crippen LogP contribution < -0.4 is 0 Å². The van der Waals surface area contributed by atoms with Crippen LogP contribution in [0.25, 0.3) is 0 Å². The first-order chi connectivity index (χ1) is 8.02. The predicted molar refractivity (Wildman–Crippen MR) is 68.5 cm³/mol. The molecule has 4 heteroatoms. The van der Waals surface area contributed by atoms with Gasteiger partial charge in [-0.3, -0.25) is 4.79 Å². The number of carbonyl (C=O) groups is 1. The molecule has 1 aromatic heterocycles. The van der Waals surface area contributed by atoms with Gasteiger partial charge < -0.3 is 4.74 Å². The number of fused-ring (bicyclic) bond motifs is 1. The van der Waals surface area contributed by atoms with Gasteiger partial charge in [-0.25, -0.2) is 4.98 Å². The number of hydrogen-bond donors (Lipinski definition) is 0. The topological polar surface area (TPSA) is 39.2 Å². The van der Waals surface area contributed by atoms with Crippen LogP contribution in [0.5, 0.6) is 0 Å². The summed E-state index contributed by atoms with van der Waals surface area (Å²) in [6.07, 6.45) is 2.55. The standard InChI is InChI=1S/C13H19NO2S/c1-4-5-16-8-11-14-9-6-13(2,3)7-10(15)12(9)17-11/h4-8H2,1-3H3. The van der Waals surface area contributed by atoms with Gasteiger partial charge in [-0.15, -0.1) is 11.3 Å². The summed E-state index contributed by atoms with van der Waals surface area (Å²) in [5, 5.41) is 0.939. The van der Waals surface area contributed by atoms with E-state index in [0.29, 0.717) is 13.0 Å². The second-order valence-electron chi connectivity index (χ2n) is 5.38. The predicted octanol–water partition coefficient (Wildman–Crippen LogP) is 3.22. The average molecular weight is 253 g/mol. The van der Waals surface area contributed by atoms with Crippen LogP contribution >= 0.6 is 11.3 Å². The molecule has 94 valence electrons. The summed E-state index contributed by atoms with van der Waals surface area (Å²) in [7, 11) is 0. The van der Waals surface area contributed by atoms with Crippen molar-refractivity contribution in [2.24, 2.45) is 5.41 Å². The lowest BCUT2D eigenvalue weighted by molar-refractivity contribution is 0.0915. The molecule has 0 amide bonds. The van der Waals surface area contributed by atoms with Crippen LogP contribution in [-0.4, -0.2) is 17.4 Å². The molecule has 0 unspecified atom stereocenters. The van der Waals surface area contributed by atoms with Gasteiger partial charge in [0, 0.05) is 13.0 Å². The molecule has 0 bridgehead atoms. The average Bonchev–Trinajstić information content (AvgIpc) is 2.59. The van der Waals surface area contributed by atoms with E-state index in [1.165, 1.54) is 11.3 Å². The molecule has 1 aliphatic rings. The summed E-state index contributed by atoms with van der Waals surface area (Å²) in [5.74, 6) is 0.246. The fourth-order valence-electron chi connectivity index (χ4n) is 2.13. The molecular weight excluding hydrogens is 234 g/mol. The number of thiazole rings is 1. The molecule has 0 aliphatic heterocycles. The molecule has 0 fully saturated rings. The maximum absolute atomic E-state index is 12.0. The number of carbonyl (C=O) groups excluding carboxylic acids is 1. The van der Waals surface area contributed by atoms with Gasteiger partial charge in [-0.05, 0) is 18.3 Å². The summed E-state index contributed by atoms with van der Waals surface area (Å²) in [6, 6.07) is 0. The third-order valence-corrected chi connectivity index (χ3v) is 3.97. The maximum atomic E-state index is 12.0. The molecule has 1 heterocycles. The number of rotatable bonds is 4. The Labute approximate surface area is 106 Å². The first-order valence-corrected chi connectivity index (χ1v) is 6.93. The largest absolute Gasteiger partial charge is 0.374 e. The van der Waals surface area contributed by atoms with E-state index in [1.807, 2.05) is 0 Å². The summed E-state index contributed by atoms with van der Waals surface area (Å²) in [4.78, 5) is 17.4. The monoisotopic (exact) mass is 253 g/mol. The molecule has 17 heavy (non-hydrogen) atoms. The van der Waals surface area contributed by atoms with E-state index < -0.39 is 0 Å². The van der Waals surface area contributed by atoms with Gasteiger partial charge in [-0.1, -0.05) is 20.8 Å². The third-order valence-electron chi connectivity index (χ3n) is 2.85. The summed E-state index contributed by atoms with van der Waals surface area (Å²) >= 11 is 1.51. The highest BCUT2D eigenvalue weighted by Gasteiger charge is 2.33. The van der Waals surface area contributed by atoms with Gasteiger partial charge in [0.25, 0.3) is 0 Å². The van der Waals surface area contributed by atoms with Crippen LogP contribution in [0.2, 0.25) is 0 Å². The van der Waals surface area contributed by atoms with Crippen molar-refractivity contribution in [1.29, 1.82) is 0 Å². The molecule has 0 spiro atoms. The van der Waals surface area contributed by atoms with Crippen molar-refractivity contribution in [1.82, 2.24) is 4.98 Å². The van der Waals surface area contributed by atoms with Crippen LogP contribution in [0.1, 0.15) is 54.0 Å². The second kappa shape index (κ2) is 4.86. The molecular formula is C13H19NO2S. The van der Waals surface area contributed by atoms with Gasteiger partial charge >= 0.3 is 0 Å². The lowest BCUT2D eigenvalue weighted by atomic mass is 9.78. The number of ketones is 1. The number of Topliss-reactive ketones (excluding diaryl/α,β-unsaturated/α-hetero) is 1. The first-order valence-electron chi connectivity index (χ1n) is 6.11. The number of ether oxygens (including phenoxy) is 1. The highest BCUT2D eigenvalue weighted by atomic mass is 32.1. The molecule has 2 rings (SSSR count). The van der Waals surface area contributed by atoms with Crippen molar-refractivity contribution in [2.45, 2.75) is 46.6 Å². The van der Waals surface area contributed by atoms with E-state index in [2.05, 4.69) is 25.8 Å². The van der Waals surface area contributed by atoms with Gasteiger partial charge in [0.15, 0.2) is 5.78 Å². The Kier molecular flexibility index (Phi) is 3.64. The Morgan fingerprint density at radius 1 is 1.41 bits per heavy atom. The highest BCUT2D eigenvalue weighted by molar-refractivity contribution is 7.13. The maximum Gasteiger partial charge on any atom is 0.175 e. The minimum atomic E-state index is 0.0553. The molecule has 0 saturated carbocycles. The van der Waals surface area contributed by atoms with Gasteiger partial charge in [0.05, 0.1) is 17.2 Å². The summed E-state index contributed by atoms with van der Waals surface area (Å²) in [6.45, 7) is 7.63. The van der Waals surface area contributed by atoms with Crippen molar-refractivity contribution < 1.29 is 9.53 Å². The van der Waals surface area contributed by atoms with E-state index >= 15 is 0 Å². The molecule has 0 atom stereocenters. The van der Waals surface area contributed by atoms with Gasteiger partial charge in [0.1, 0.15) is 5.01 Å². The van der Waals surface area contributed by atoms with Crippen LogP contribution in [0.3, 0.4) is 0 Å². The SMILES string of the molecule is CCCOCc1nc2c(s1)C(=O)CC(C)(C)C2. The Morgan fingerprint density at radius 2 is 2.18 bits per heavy atom. The highest BCUT2D eigenvalue weighted by Crippen LogP contribution is 2.36. The zero-order chi connectivity index (χ0) is 12.5. The number of nitrogens with zero attached hydrogens (tertiary/aromatic N) is 1. The summed E-state index contributed by atoms with van der Waals surface area (Å²) in [5.41, 5.74) is 1.03. The molecule has 0 aromatic carbocycles. The van der Waals surface area contributed by atoms with Crippen molar-refractivity contribution >= 4 is 17.1 Å². The van der Waals surface area contributed by atoms with E-state index in [4.69, 9.17) is 4.74 Å². The Morgan fingerprint density at radius 3 is 2.88 bits per heavy atom. The van der Waals surface area contributed by atoms with Crippen LogP contribution in [-0.2, 0) is 17.8 Å². The van der Waals surface area contributed by atoms with Crippen molar-refractivity contribution in [3.05, 3.63) is 15.6 Å². The van der Waals surface area contributed by atoms with E-state index in [0.717, 1.165) is 35.0 Å². The minimum absolute atomic E-state index is 0.0553. The molecule has 3 nitrogen and oxygen atoms in total. The third kappa shape index (κ3) is 2.93. The minimum Gasteiger partial charge on any atom is -0.374 e. The Balaban J connectivity index is 2.13. The van der Waals surface area contributed by atoms with E-state index in [9.17, 15) is 4.79 Å². The molecule has 1 aliphatic carbocycles. The van der Waals surface area contributed by atoms with Crippen molar-refractivity contribution in [3.63, 3.8) is 0 Å². The zero-order valence-electron chi connectivity index (χ0n) is 10.7. The summed E-state index contributed by atoms with van der Waals surface area (Å²) < 4.78 is 5.47. The Hall–Kier alpha value is -0.740. The van der Waals surface area contributed by atoms with Crippen molar-refractivity contribution in [2.75, 3.05) is 6.61 Å². The lowest BCUT2D eigenvalue weighted by Crippen LogP contribution is -2.26. The van der Waals surface area contributed by atoms with E-state index in [-0.39, 0.29) is 11.2 Å². The number of aromatic nitrogens is 1. The van der Waals surface area contributed by atoms with E-state index in [1.54, 1.807) is 0 Å². The van der Waals surface area contributed by atoms with Crippen LogP contribution in [0.15, 0.2) is 0 Å². The molecule has 1 aromatic rings. The molecule has 0 saturated heterocycles.